The van der Waals surface area contributed by atoms with Crippen LogP contribution in [0, 0.1) is 0 Å². The maximum atomic E-state index is 11.0. The number of aliphatic hydroxyl groups excluding tert-OH is 1. The van der Waals surface area contributed by atoms with Gasteiger partial charge in [0.05, 0.1) is 0 Å². The van der Waals surface area contributed by atoms with Gasteiger partial charge in [-0.25, -0.2) is 4.79 Å². The maximum Gasteiger partial charge on any atom is 0.324 e. The highest BCUT2D eigenvalue weighted by Crippen LogP contribution is 2.07. The normalized spacial score (nSPS) is 23.2. The molecule has 12 heavy (non-hydrogen) atoms. The summed E-state index contributed by atoms with van der Waals surface area (Å²) in [7, 11) is 0. The summed E-state index contributed by atoms with van der Waals surface area (Å²) in [4.78, 5) is 23.4. The van der Waals surface area contributed by atoms with E-state index in [4.69, 9.17) is 5.11 Å². The Morgan fingerprint density at radius 1 is 1.58 bits per heavy atom. The van der Waals surface area contributed by atoms with Gasteiger partial charge < -0.3 is 10.0 Å². The minimum Gasteiger partial charge on any atom is -0.396 e. The zero-order valence-corrected chi connectivity index (χ0v) is 6.91. The molecule has 0 aromatic carbocycles. The number of imide groups is 1. The monoisotopic (exact) mass is 172 g/mol. The zero-order valence-electron chi connectivity index (χ0n) is 6.91. The average molecular weight is 172 g/mol. The van der Waals surface area contributed by atoms with Gasteiger partial charge in [-0.05, 0) is 13.3 Å². The van der Waals surface area contributed by atoms with E-state index >= 15 is 0 Å². The molecule has 0 radical (unpaired) electrons. The lowest BCUT2D eigenvalue weighted by Gasteiger charge is -2.17. The van der Waals surface area contributed by atoms with Crippen molar-refractivity contribution in [1.29, 1.82) is 0 Å². The predicted molar refractivity (Wildman–Crippen MR) is 41.4 cm³/mol. The first kappa shape index (κ1) is 8.99. The predicted octanol–water partition coefficient (Wildman–Crippen LogP) is -0.691. The van der Waals surface area contributed by atoms with Crippen LogP contribution in [0.2, 0.25) is 0 Å². The molecule has 0 aromatic heterocycles. The van der Waals surface area contributed by atoms with Crippen molar-refractivity contribution >= 4 is 11.9 Å². The van der Waals surface area contributed by atoms with Crippen LogP contribution in [0.15, 0.2) is 0 Å². The van der Waals surface area contributed by atoms with Crippen LogP contribution >= 0.6 is 0 Å². The van der Waals surface area contributed by atoms with Crippen LogP contribution in [0.4, 0.5) is 4.79 Å². The van der Waals surface area contributed by atoms with Crippen molar-refractivity contribution in [2.45, 2.75) is 19.4 Å². The fourth-order valence-electron chi connectivity index (χ4n) is 1.14. The van der Waals surface area contributed by atoms with Crippen LogP contribution in [0.5, 0.6) is 0 Å². The topological polar surface area (TPSA) is 69.6 Å². The van der Waals surface area contributed by atoms with Gasteiger partial charge in [0.1, 0.15) is 6.04 Å². The number of rotatable bonds is 3. The molecule has 0 spiro atoms. The molecule has 5 nitrogen and oxygen atoms in total. The van der Waals surface area contributed by atoms with E-state index in [0.29, 0.717) is 13.0 Å². The minimum absolute atomic E-state index is 0.0324. The first-order valence-electron chi connectivity index (χ1n) is 3.89. The summed E-state index contributed by atoms with van der Waals surface area (Å²) in [5.41, 5.74) is 0. The van der Waals surface area contributed by atoms with E-state index in [2.05, 4.69) is 5.32 Å². The molecular formula is C7H12N2O3. The van der Waals surface area contributed by atoms with Crippen molar-refractivity contribution < 1.29 is 14.7 Å². The molecule has 0 saturated carbocycles. The molecule has 68 valence electrons. The number of urea groups is 1. The maximum absolute atomic E-state index is 11.0. The molecule has 1 rings (SSSR count). The second kappa shape index (κ2) is 3.53. The largest absolute Gasteiger partial charge is 0.396 e. The van der Waals surface area contributed by atoms with Gasteiger partial charge in [-0.3, -0.25) is 10.1 Å². The van der Waals surface area contributed by atoms with Gasteiger partial charge in [-0.15, -0.1) is 0 Å². The van der Waals surface area contributed by atoms with Gasteiger partial charge in [-0.1, -0.05) is 0 Å². The number of hydrogen-bond acceptors (Lipinski definition) is 3. The zero-order chi connectivity index (χ0) is 9.14. The number of nitrogens with zero attached hydrogens (tertiary/aromatic N) is 1. The molecule has 1 heterocycles. The van der Waals surface area contributed by atoms with Crippen molar-refractivity contribution in [3.63, 3.8) is 0 Å². The molecule has 5 heteroatoms. The van der Waals surface area contributed by atoms with Gasteiger partial charge >= 0.3 is 6.03 Å². The van der Waals surface area contributed by atoms with E-state index in [1.54, 1.807) is 6.92 Å². The summed E-state index contributed by atoms with van der Waals surface area (Å²) < 4.78 is 0. The molecule has 1 fully saturated rings. The summed E-state index contributed by atoms with van der Waals surface area (Å²) in [5, 5.41) is 10.7. The Balaban J connectivity index is 2.51. The first-order chi connectivity index (χ1) is 5.66. The molecule has 3 amide bonds. The third kappa shape index (κ3) is 1.55. The van der Waals surface area contributed by atoms with E-state index in [1.807, 2.05) is 0 Å². The fraction of sp³-hybridized carbons (Fsp3) is 0.714. The highest BCUT2D eigenvalue weighted by Gasteiger charge is 2.33. The van der Waals surface area contributed by atoms with E-state index in [9.17, 15) is 9.59 Å². The Morgan fingerprint density at radius 2 is 2.25 bits per heavy atom. The molecule has 0 aromatic rings. The number of nitrogens with one attached hydrogen (secondary N) is 1. The van der Waals surface area contributed by atoms with Gasteiger partial charge in [0, 0.05) is 13.2 Å². The summed E-state index contributed by atoms with van der Waals surface area (Å²) >= 11 is 0. The number of amides is 3. The van der Waals surface area contributed by atoms with Crippen molar-refractivity contribution in [3.8, 4) is 0 Å². The Bertz CT molecular complexity index is 205. The van der Waals surface area contributed by atoms with E-state index in [1.165, 1.54) is 4.90 Å². The number of carbonyl (C=O) groups is 2. The second-order valence-electron chi connectivity index (χ2n) is 2.74. The minimum atomic E-state index is -0.399. The Hall–Kier alpha value is -1.10. The summed E-state index contributed by atoms with van der Waals surface area (Å²) in [5.74, 6) is -0.266. The van der Waals surface area contributed by atoms with Crippen molar-refractivity contribution in [1.82, 2.24) is 10.2 Å². The third-order valence-corrected chi connectivity index (χ3v) is 1.90. The lowest BCUT2D eigenvalue weighted by molar-refractivity contribution is -0.121. The highest BCUT2D eigenvalue weighted by atomic mass is 16.3. The van der Waals surface area contributed by atoms with E-state index < -0.39 is 6.04 Å². The lowest BCUT2D eigenvalue weighted by Crippen LogP contribution is -2.34. The van der Waals surface area contributed by atoms with Crippen LogP contribution in [0.25, 0.3) is 0 Å². The Labute approximate surface area is 70.4 Å². The molecule has 0 bridgehead atoms. The van der Waals surface area contributed by atoms with Crippen LogP contribution in [-0.2, 0) is 4.79 Å². The van der Waals surface area contributed by atoms with E-state index in [0.717, 1.165) is 0 Å². The lowest BCUT2D eigenvalue weighted by atomic mass is 10.3. The Kier molecular flexibility index (Phi) is 2.65. The van der Waals surface area contributed by atoms with Gasteiger partial charge in [0.25, 0.3) is 5.91 Å². The summed E-state index contributed by atoms with van der Waals surface area (Å²) in [6.07, 6.45) is 0.505. The van der Waals surface area contributed by atoms with Gasteiger partial charge in [-0.2, -0.15) is 0 Å². The van der Waals surface area contributed by atoms with Crippen molar-refractivity contribution in [2.24, 2.45) is 0 Å². The molecule has 0 aliphatic carbocycles. The smallest absolute Gasteiger partial charge is 0.324 e. The molecule has 1 unspecified atom stereocenters. The summed E-state index contributed by atoms with van der Waals surface area (Å²) in [6.45, 7) is 2.12. The quantitative estimate of drug-likeness (QED) is 0.553. The SMILES string of the molecule is CC1C(=O)NC(=O)N1CCCO. The van der Waals surface area contributed by atoms with Crippen LogP contribution in [0.3, 0.4) is 0 Å². The molecule has 1 saturated heterocycles. The molecule has 1 atom stereocenters. The molecular weight excluding hydrogens is 160 g/mol. The van der Waals surface area contributed by atoms with Crippen LogP contribution < -0.4 is 5.32 Å². The first-order valence-corrected chi connectivity index (χ1v) is 3.89. The fourth-order valence-corrected chi connectivity index (χ4v) is 1.14. The molecule has 1 aliphatic rings. The third-order valence-electron chi connectivity index (χ3n) is 1.90. The standard InChI is InChI=1S/C7H12N2O3/c1-5-6(11)8-7(12)9(5)3-2-4-10/h5,10H,2-4H2,1H3,(H,8,11,12). The number of carbonyl (C=O) groups excluding carboxylic acids is 2. The second-order valence-corrected chi connectivity index (χ2v) is 2.74. The molecule has 2 N–H and O–H groups in total. The van der Waals surface area contributed by atoms with E-state index in [-0.39, 0.29) is 18.5 Å². The van der Waals surface area contributed by atoms with Gasteiger partial charge in [0.15, 0.2) is 0 Å². The van der Waals surface area contributed by atoms with Crippen molar-refractivity contribution in [3.05, 3.63) is 0 Å². The Morgan fingerprint density at radius 3 is 2.67 bits per heavy atom. The molecule has 1 aliphatic heterocycles. The van der Waals surface area contributed by atoms with Crippen molar-refractivity contribution in [2.75, 3.05) is 13.2 Å². The number of aliphatic hydroxyl groups is 1. The van der Waals surface area contributed by atoms with Crippen LogP contribution in [-0.4, -0.2) is 41.1 Å². The average Bonchev–Trinajstić information content (AvgIpc) is 2.25. The highest BCUT2D eigenvalue weighted by molar-refractivity contribution is 6.03. The van der Waals surface area contributed by atoms with Gasteiger partial charge in [0.2, 0.25) is 0 Å². The summed E-state index contributed by atoms with van der Waals surface area (Å²) in [6, 6.07) is -0.759. The van der Waals surface area contributed by atoms with Crippen LogP contribution in [0.1, 0.15) is 13.3 Å². The number of hydrogen-bond donors (Lipinski definition) is 2.